The van der Waals surface area contributed by atoms with Crippen LogP contribution in [-0.2, 0) is 23.6 Å². The lowest BCUT2D eigenvalue weighted by Gasteiger charge is -2.12. The molecule has 10 nitrogen and oxygen atoms in total. The lowest BCUT2D eigenvalue weighted by atomic mass is 10.3. The Morgan fingerprint density at radius 2 is 2.04 bits per heavy atom. The molecule has 1 aliphatic heterocycles. The highest BCUT2D eigenvalue weighted by Crippen LogP contribution is 2.12. The van der Waals surface area contributed by atoms with Gasteiger partial charge >= 0.3 is 11.8 Å². The maximum absolute atomic E-state index is 12.2. The Bertz CT molecular complexity index is 977. The third kappa shape index (κ3) is 3.10. The van der Waals surface area contributed by atoms with Crippen molar-refractivity contribution in [2.75, 3.05) is 25.0 Å². The number of anilines is 1. The van der Waals surface area contributed by atoms with E-state index in [1.54, 1.807) is 0 Å². The van der Waals surface area contributed by atoms with E-state index in [4.69, 9.17) is 4.74 Å². The van der Waals surface area contributed by atoms with E-state index in [1.807, 2.05) is 0 Å². The van der Waals surface area contributed by atoms with Crippen LogP contribution >= 0.6 is 0 Å². The van der Waals surface area contributed by atoms with Crippen LogP contribution in [0, 0.1) is 0 Å². The van der Waals surface area contributed by atoms with Gasteiger partial charge < -0.3 is 15.0 Å². The number of aryl methyl sites for hydroxylation is 1. The molecule has 0 bridgehead atoms. The average Bonchev–Trinajstić information content (AvgIpc) is 3.01. The summed E-state index contributed by atoms with van der Waals surface area (Å²) in [7, 11) is 2.90. The van der Waals surface area contributed by atoms with Crippen LogP contribution in [0.15, 0.2) is 21.9 Å². The molecule has 3 rings (SSSR count). The minimum atomic E-state index is -0.485. The predicted molar refractivity (Wildman–Crippen MR) is 88.4 cm³/mol. The van der Waals surface area contributed by atoms with Crippen molar-refractivity contribution in [3.63, 3.8) is 0 Å². The highest BCUT2D eigenvalue weighted by atomic mass is 16.6. The Hall–Kier alpha value is -3.17. The number of hydrogen-bond acceptors (Lipinski definition) is 6. The van der Waals surface area contributed by atoms with Gasteiger partial charge in [0, 0.05) is 27.1 Å². The molecule has 0 spiro atoms. The van der Waals surface area contributed by atoms with Crippen LogP contribution in [0.4, 0.5) is 10.5 Å². The lowest BCUT2D eigenvalue weighted by molar-refractivity contribution is -0.116. The first-order chi connectivity index (χ1) is 11.9. The van der Waals surface area contributed by atoms with E-state index < -0.39 is 17.3 Å². The molecule has 1 aliphatic rings. The zero-order valence-electron chi connectivity index (χ0n) is 13.8. The summed E-state index contributed by atoms with van der Waals surface area (Å²) >= 11 is 0. The second-order valence-electron chi connectivity index (χ2n) is 5.70. The topological polar surface area (TPSA) is 116 Å². The van der Waals surface area contributed by atoms with Crippen LogP contribution < -0.4 is 16.6 Å². The molecule has 2 amide bonds. The number of aromatic nitrogens is 3. The zero-order chi connectivity index (χ0) is 18.1. The van der Waals surface area contributed by atoms with Crippen LogP contribution in [0.5, 0.6) is 0 Å². The molecule has 1 fully saturated rings. The zero-order valence-corrected chi connectivity index (χ0v) is 13.8. The number of cyclic esters (lactones) is 1. The normalized spacial score (nSPS) is 14.0. The molecule has 2 aromatic heterocycles. The van der Waals surface area contributed by atoms with Crippen LogP contribution in [0.2, 0.25) is 0 Å². The van der Waals surface area contributed by atoms with Crippen molar-refractivity contribution in [1.82, 2.24) is 19.0 Å². The molecular formula is C15H17N5O5. The average molecular weight is 347 g/mol. The van der Waals surface area contributed by atoms with Crippen LogP contribution in [-0.4, -0.2) is 50.7 Å². The number of carbonyl (C=O) groups is 2. The number of carbonyl (C=O) groups excluding carboxylic acids is 2. The van der Waals surface area contributed by atoms with Crippen molar-refractivity contribution < 1.29 is 14.3 Å². The number of ether oxygens (including phenoxy) is 1. The molecule has 0 saturated carbocycles. The second kappa shape index (κ2) is 6.38. The number of nitrogens with one attached hydrogen (secondary N) is 1. The molecule has 132 valence electrons. The van der Waals surface area contributed by atoms with E-state index in [-0.39, 0.29) is 29.9 Å². The minimum Gasteiger partial charge on any atom is -0.448 e. The van der Waals surface area contributed by atoms with Crippen molar-refractivity contribution >= 4 is 28.7 Å². The van der Waals surface area contributed by atoms with Crippen molar-refractivity contribution in [1.29, 1.82) is 0 Å². The monoisotopic (exact) mass is 347 g/mol. The van der Waals surface area contributed by atoms with Gasteiger partial charge in [0.25, 0.3) is 5.56 Å². The highest BCUT2D eigenvalue weighted by Gasteiger charge is 2.22. The third-order valence-corrected chi connectivity index (χ3v) is 4.03. The van der Waals surface area contributed by atoms with Crippen LogP contribution in [0.3, 0.4) is 0 Å². The summed E-state index contributed by atoms with van der Waals surface area (Å²) in [5.41, 5.74) is -0.371. The summed E-state index contributed by atoms with van der Waals surface area (Å²) in [6.07, 6.45) is 1.05. The Morgan fingerprint density at radius 3 is 2.72 bits per heavy atom. The Labute approximate surface area is 141 Å². The lowest BCUT2D eigenvalue weighted by Crippen LogP contribution is -2.37. The second-order valence-corrected chi connectivity index (χ2v) is 5.70. The van der Waals surface area contributed by atoms with Gasteiger partial charge in [-0.15, -0.1) is 0 Å². The van der Waals surface area contributed by atoms with Crippen molar-refractivity contribution in [2.45, 2.75) is 6.42 Å². The number of amides is 2. The van der Waals surface area contributed by atoms with Gasteiger partial charge in [-0.3, -0.25) is 18.7 Å². The van der Waals surface area contributed by atoms with Gasteiger partial charge in [0.05, 0.1) is 23.8 Å². The first-order valence-corrected chi connectivity index (χ1v) is 7.66. The van der Waals surface area contributed by atoms with Gasteiger partial charge in [0.1, 0.15) is 12.3 Å². The van der Waals surface area contributed by atoms with E-state index in [9.17, 15) is 19.2 Å². The van der Waals surface area contributed by atoms with Gasteiger partial charge in [0.2, 0.25) is 5.91 Å². The fourth-order valence-electron chi connectivity index (χ4n) is 2.62. The number of hydrogen-bond donors (Lipinski definition) is 1. The smallest absolute Gasteiger partial charge is 0.409 e. The molecule has 0 unspecified atom stereocenters. The standard InChI is InChI=1S/C15H17N5O5/c1-18-12-10(13(22)19(2)14(18)23)7-9(8-16-12)17-11(21)3-4-20-5-6-25-15(20)24/h7-8H,3-6H2,1-2H3,(H,17,21). The van der Waals surface area contributed by atoms with E-state index in [2.05, 4.69) is 10.3 Å². The van der Waals surface area contributed by atoms with Crippen molar-refractivity contribution in [3.8, 4) is 0 Å². The molecule has 0 atom stereocenters. The maximum Gasteiger partial charge on any atom is 0.409 e. The van der Waals surface area contributed by atoms with Gasteiger partial charge in [-0.2, -0.15) is 0 Å². The predicted octanol–water partition coefficient (Wildman–Crippen LogP) is -0.587. The fraction of sp³-hybridized carbons (Fsp3) is 0.400. The molecule has 25 heavy (non-hydrogen) atoms. The fourth-order valence-corrected chi connectivity index (χ4v) is 2.62. The molecule has 1 saturated heterocycles. The van der Waals surface area contributed by atoms with Gasteiger partial charge in [-0.05, 0) is 6.07 Å². The summed E-state index contributed by atoms with van der Waals surface area (Å²) in [5.74, 6) is -0.317. The maximum atomic E-state index is 12.2. The van der Waals surface area contributed by atoms with Gasteiger partial charge in [-0.1, -0.05) is 0 Å². The van der Waals surface area contributed by atoms with E-state index in [0.29, 0.717) is 18.8 Å². The Morgan fingerprint density at radius 1 is 1.28 bits per heavy atom. The van der Waals surface area contributed by atoms with Crippen molar-refractivity contribution in [3.05, 3.63) is 33.1 Å². The molecule has 3 heterocycles. The number of nitrogens with zero attached hydrogens (tertiary/aromatic N) is 4. The Balaban J connectivity index is 1.78. The first kappa shape index (κ1) is 16.7. The molecule has 0 radical (unpaired) electrons. The minimum absolute atomic E-state index is 0.0957. The van der Waals surface area contributed by atoms with Crippen LogP contribution in [0.1, 0.15) is 6.42 Å². The van der Waals surface area contributed by atoms with Crippen molar-refractivity contribution in [2.24, 2.45) is 14.1 Å². The summed E-state index contributed by atoms with van der Waals surface area (Å²) in [6.45, 7) is 1.05. The molecule has 0 aliphatic carbocycles. The van der Waals surface area contributed by atoms with Gasteiger partial charge in [0.15, 0.2) is 0 Å². The van der Waals surface area contributed by atoms with Crippen LogP contribution in [0.25, 0.3) is 11.0 Å². The Kier molecular flexibility index (Phi) is 4.26. The van der Waals surface area contributed by atoms with E-state index >= 15 is 0 Å². The third-order valence-electron chi connectivity index (χ3n) is 4.03. The molecule has 1 N–H and O–H groups in total. The SMILES string of the molecule is Cn1c(=O)c2cc(NC(=O)CCN3CCOC3=O)cnc2n(C)c1=O. The summed E-state index contributed by atoms with van der Waals surface area (Å²) in [6, 6.07) is 1.48. The quantitative estimate of drug-likeness (QED) is 0.791. The van der Waals surface area contributed by atoms with E-state index in [1.165, 1.54) is 35.8 Å². The summed E-state index contributed by atoms with van der Waals surface area (Å²) < 4.78 is 7.04. The summed E-state index contributed by atoms with van der Waals surface area (Å²) in [5, 5.41) is 2.87. The first-order valence-electron chi connectivity index (χ1n) is 7.66. The largest absolute Gasteiger partial charge is 0.448 e. The number of rotatable bonds is 4. The summed E-state index contributed by atoms with van der Waals surface area (Å²) in [4.78, 5) is 53.0. The molecule has 10 heteroatoms. The van der Waals surface area contributed by atoms with E-state index in [0.717, 1.165) is 4.57 Å². The number of pyridine rings is 1. The number of fused-ring (bicyclic) bond motifs is 1. The molecule has 0 aromatic carbocycles. The molecule has 2 aromatic rings. The van der Waals surface area contributed by atoms with Gasteiger partial charge in [-0.25, -0.2) is 14.6 Å². The highest BCUT2D eigenvalue weighted by molar-refractivity contribution is 5.92. The molecular weight excluding hydrogens is 330 g/mol.